The monoisotopic (exact) mass is 230 g/mol. The molecule has 1 heterocycles. The maximum absolute atomic E-state index is 11.6. The highest BCUT2D eigenvalue weighted by Gasteiger charge is 2.17. The van der Waals surface area contributed by atoms with E-state index < -0.39 is 0 Å². The van der Waals surface area contributed by atoms with Gasteiger partial charge in [-0.2, -0.15) is 0 Å². The third-order valence-corrected chi connectivity index (χ3v) is 3.26. The van der Waals surface area contributed by atoms with Gasteiger partial charge in [0.25, 0.3) is 0 Å². The number of nitrogens with two attached hydrogens (primary N) is 1. The van der Waals surface area contributed by atoms with Gasteiger partial charge in [0.2, 0.25) is 5.91 Å². The molecular weight excluding hydrogens is 212 g/mol. The van der Waals surface area contributed by atoms with Crippen molar-refractivity contribution < 1.29 is 4.79 Å². The van der Waals surface area contributed by atoms with Crippen molar-refractivity contribution in [3.8, 4) is 0 Å². The van der Waals surface area contributed by atoms with Gasteiger partial charge in [0.15, 0.2) is 0 Å². The molecule has 1 aliphatic rings. The van der Waals surface area contributed by atoms with E-state index in [-0.39, 0.29) is 5.91 Å². The Kier molecular flexibility index (Phi) is 3.18. The minimum atomic E-state index is -0.338. The summed E-state index contributed by atoms with van der Waals surface area (Å²) in [7, 11) is 0. The molecule has 0 aliphatic heterocycles. The topological polar surface area (TPSA) is 58.9 Å². The van der Waals surface area contributed by atoms with Crippen molar-refractivity contribution in [2.75, 3.05) is 0 Å². The van der Waals surface area contributed by atoms with Crippen molar-refractivity contribution in [2.24, 2.45) is 5.73 Å². The number of aryl methyl sites for hydroxylation is 1. The number of hydrogen-bond donors (Lipinski definition) is 2. The third kappa shape index (κ3) is 2.18. The van der Waals surface area contributed by atoms with E-state index in [0.29, 0.717) is 5.57 Å². The normalized spacial score (nSPS) is 23.3. The summed E-state index contributed by atoms with van der Waals surface area (Å²) >= 11 is 0. The van der Waals surface area contributed by atoms with Gasteiger partial charge in [-0.15, -0.1) is 0 Å². The molecule has 0 fully saturated rings. The number of primary amides is 1. The van der Waals surface area contributed by atoms with Crippen molar-refractivity contribution in [3.63, 3.8) is 0 Å². The average Bonchev–Trinajstić information content (AvgIpc) is 2.71. The zero-order chi connectivity index (χ0) is 12.4. The predicted octanol–water partition coefficient (Wildman–Crippen LogP) is 2.56. The van der Waals surface area contributed by atoms with Gasteiger partial charge in [-0.05, 0) is 43.4 Å². The minimum Gasteiger partial charge on any atom is -0.366 e. The van der Waals surface area contributed by atoms with Crippen LogP contribution in [0, 0.1) is 0 Å². The Hall–Kier alpha value is -1.77. The first kappa shape index (κ1) is 11.7. The van der Waals surface area contributed by atoms with Crippen LogP contribution < -0.4 is 5.73 Å². The zero-order valence-corrected chi connectivity index (χ0v) is 10.3. The number of aromatic amines is 1. The molecule has 1 aromatic heterocycles. The molecule has 0 saturated carbocycles. The van der Waals surface area contributed by atoms with Crippen molar-refractivity contribution in [1.29, 1.82) is 0 Å². The molecule has 3 heteroatoms. The first-order valence-corrected chi connectivity index (χ1v) is 6.00. The van der Waals surface area contributed by atoms with Gasteiger partial charge in [-0.1, -0.05) is 18.6 Å². The van der Waals surface area contributed by atoms with Crippen LogP contribution in [0.15, 0.2) is 29.5 Å². The molecular formula is C14H18N2O. The van der Waals surface area contributed by atoms with E-state index in [4.69, 9.17) is 5.73 Å². The number of fused-ring (bicyclic) bond motifs is 1. The smallest absolute Gasteiger partial charge is 0.248 e. The summed E-state index contributed by atoms with van der Waals surface area (Å²) in [6.07, 6.45) is 6.63. The minimum absolute atomic E-state index is 0.338. The zero-order valence-electron chi connectivity index (χ0n) is 10.3. The molecule has 2 rings (SSSR count). The lowest BCUT2D eigenvalue weighted by Crippen LogP contribution is -2.15. The fourth-order valence-electron chi connectivity index (χ4n) is 2.37. The second-order valence-electron chi connectivity index (χ2n) is 4.47. The van der Waals surface area contributed by atoms with Crippen LogP contribution in [-0.4, -0.2) is 10.9 Å². The van der Waals surface area contributed by atoms with Crippen molar-refractivity contribution in [1.82, 2.24) is 4.98 Å². The summed E-state index contributed by atoms with van der Waals surface area (Å²) in [6, 6.07) is 2.03. The molecule has 17 heavy (non-hydrogen) atoms. The fourth-order valence-corrected chi connectivity index (χ4v) is 2.37. The van der Waals surface area contributed by atoms with Crippen LogP contribution in [0.3, 0.4) is 0 Å². The van der Waals surface area contributed by atoms with Gasteiger partial charge in [-0.25, -0.2) is 0 Å². The maximum atomic E-state index is 11.6. The number of hydrogen-bond acceptors (Lipinski definition) is 1. The van der Waals surface area contributed by atoms with Crippen LogP contribution in [0.1, 0.15) is 37.9 Å². The Labute approximate surface area is 101 Å². The summed E-state index contributed by atoms with van der Waals surface area (Å²) in [5.41, 5.74) is 10.7. The average molecular weight is 230 g/mol. The maximum Gasteiger partial charge on any atom is 0.248 e. The van der Waals surface area contributed by atoms with Crippen LogP contribution in [0.25, 0.3) is 5.57 Å². The lowest BCUT2D eigenvalue weighted by Gasteiger charge is -2.14. The molecule has 0 bridgehead atoms. The van der Waals surface area contributed by atoms with E-state index in [1.807, 2.05) is 25.3 Å². The van der Waals surface area contributed by atoms with Crippen molar-refractivity contribution in [3.05, 3.63) is 40.7 Å². The summed E-state index contributed by atoms with van der Waals surface area (Å²) in [5.74, 6) is -0.338. The molecule has 3 nitrogen and oxygen atoms in total. The van der Waals surface area contributed by atoms with Gasteiger partial charge in [0, 0.05) is 17.5 Å². The summed E-state index contributed by atoms with van der Waals surface area (Å²) < 4.78 is 0. The SMILES string of the molecule is CC/C1=C(C(N)=O)/C=C(/C)CCc2[nH]ccc21. The first-order chi connectivity index (χ1) is 8.13. The molecule has 1 aromatic rings. The highest BCUT2D eigenvalue weighted by Crippen LogP contribution is 2.30. The van der Waals surface area contributed by atoms with Crippen molar-refractivity contribution in [2.45, 2.75) is 33.1 Å². The number of aromatic nitrogens is 1. The predicted molar refractivity (Wildman–Crippen MR) is 69.3 cm³/mol. The number of carbonyl (C=O) groups is 1. The van der Waals surface area contributed by atoms with Gasteiger partial charge >= 0.3 is 0 Å². The van der Waals surface area contributed by atoms with Gasteiger partial charge in [-0.3, -0.25) is 4.79 Å². The summed E-state index contributed by atoms with van der Waals surface area (Å²) in [4.78, 5) is 14.8. The van der Waals surface area contributed by atoms with Crippen LogP contribution in [-0.2, 0) is 11.2 Å². The second kappa shape index (κ2) is 4.62. The lowest BCUT2D eigenvalue weighted by atomic mass is 9.91. The molecule has 0 saturated heterocycles. The van der Waals surface area contributed by atoms with E-state index in [9.17, 15) is 4.79 Å². The third-order valence-electron chi connectivity index (χ3n) is 3.26. The second-order valence-corrected chi connectivity index (χ2v) is 4.47. The van der Waals surface area contributed by atoms with E-state index in [0.717, 1.165) is 30.4 Å². The first-order valence-electron chi connectivity index (χ1n) is 6.00. The van der Waals surface area contributed by atoms with Crippen LogP contribution in [0.5, 0.6) is 0 Å². The van der Waals surface area contributed by atoms with E-state index in [1.165, 1.54) is 11.3 Å². The molecule has 0 aromatic carbocycles. The number of nitrogens with one attached hydrogen (secondary N) is 1. The van der Waals surface area contributed by atoms with Crippen LogP contribution in [0.2, 0.25) is 0 Å². The Morgan fingerprint density at radius 3 is 2.88 bits per heavy atom. The molecule has 1 aliphatic carbocycles. The molecule has 0 spiro atoms. The number of allylic oxidation sites excluding steroid dienone is 2. The fraction of sp³-hybridized carbons (Fsp3) is 0.357. The molecule has 3 N–H and O–H groups in total. The van der Waals surface area contributed by atoms with Crippen LogP contribution in [0.4, 0.5) is 0 Å². The molecule has 1 amide bonds. The number of rotatable bonds is 2. The van der Waals surface area contributed by atoms with Gasteiger partial charge < -0.3 is 10.7 Å². The van der Waals surface area contributed by atoms with Gasteiger partial charge in [0.1, 0.15) is 0 Å². The van der Waals surface area contributed by atoms with E-state index in [2.05, 4.69) is 11.9 Å². The standard InChI is InChI=1S/C14H18N2O/c1-3-10-11-6-7-16-13(11)5-4-9(2)8-12(10)14(15)17/h6-8,16H,3-5H2,1-2H3,(H2,15,17)/b9-8-,12-10+. The molecule has 0 unspecified atom stereocenters. The Balaban J connectivity index is 2.66. The quantitative estimate of drug-likeness (QED) is 0.806. The largest absolute Gasteiger partial charge is 0.366 e. The van der Waals surface area contributed by atoms with Crippen molar-refractivity contribution >= 4 is 11.5 Å². The Morgan fingerprint density at radius 1 is 1.47 bits per heavy atom. The number of amides is 1. The molecule has 90 valence electrons. The number of carbonyl (C=O) groups excluding carboxylic acids is 1. The highest BCUT2D eigenvalue weighted by molar-refractivity contribution is 6.03. The molecule has 0 atom stereocenters. The Morgan fingerprint density at radius 2 is 2.24 bits per heavy atom. The van der Waals surface area contributed by atoms with Gasteiger partial charge in [0.05, 0.1) is 0 Å². The van der Waals surface area contributed by atoms with Crippen LogP contribution >= 0.6 is 0 Å². The number of H-pyrrole nitrogens is 1. The van der Waals surface area contributed by atoms with E-state index >= 15 is 0 Å². The molecule has 0 radical (unpaired) electrons. The highest BCUT2D eigenvalue weighted by atomic mass is 16.1. The summed E-state index contributed by atoms with van der Waals surface area (Å²) in [6.45, 7) is 4.10. The summed E-state index contributed by atoms with van der Waals surface area (Å²) in [5, 5.41) is 0. The lowest BCUT2D eigenvalue weighted by molar-refractivity contribution is -0.114. The Bertz CT molecular complexity index is 506. The van der Waals surface area contributed by atoms with E-state index in [1.54, 1.807) is 0 Å².